The van der Waals surface area contributed by atoms with E-state index in [1.54, 1.807) is 11.7 Å². The number of hydrogen-bond donors (Lipinski definition) is 1. The number of nitrogens with zero attached hydrogens (tertiary/aromatic N) is 4. The molecule has 1 amide bonds. The van der Waals surface area contributed by atoms with Gasteiger partial charge in [-0.25, -0.2) is 4.79 Å². The summed E-state index contributed by atoms with van der Waals surface area (Å²) in [7, 11) is 1.81. The van der Waals surface area contributed by atoms with Gasteiger partial charge >= 0.3 is 6.09 Å². The van der Waals surface area contributed by atoms with Crippen LogP contribution in [0.15, 0.2) is 48.7 Å². The van der Waals surface area contributed by atoms with Gasteiger partial charge in [-0.1, -0.05) is 23.4 Å². The lowest BCUT2D eigenvalue weighted by Gasteiger charge is -2.34. The molecule has 0 spiro atoms. The maximum Gasteiger partial charge on any atom is 0.412 e. The first-order valence-electron chi connectivity index (χ1n) is 8.82. The van der Waals surface area contributed by atoms with E-state index in [1.165, 1.54) is 4.90 Å². The molecular formula is C20H20N4O3. The highest BCUT2D eigenvalue weighted by atomic mass is 16.5. The van der Waals surface area contributed by atoms with Crippen molar-refractivity contribution in [2.24, 2.45) is 7.05 Å². The van der Waals surface area contributed by atoms with Crippen molar-refractivity contribution in [2.45, 2.75) is 25.8 Å². The number of ether oxygens (including phenoxy) is 1. The molecule has 1 atom stereocenters. The normalized spacial score (nSPS) is 16.1. The fraction of sp³-hybridized carbons (Fsp3) is 0.250. The van der Waals surface area contributed by atoms with E-state index < -0.39 is 6.09 Å². The molecule has 0 bridgehead atoms. The molecular weight excluding hydrogens is 344 g/mol. The molecule has 2 aromatic carbocycles. The number of benzene rings is 2. The number of rotatable bonds is 3. The third kappa shape index (κ3) is 3.12. The molecule has 1 aromatic heterocycles. The second-order valence-electron chi connectivity index (χ2n) is 6.67. The van der Waals surface area contributed by atoms with Gasteiger partial charge < -0.3 is 9.84 Å². The minimum atomic E-state index is -0.957. The quantitative estimate of drug-likeness (QED) is 0.757. The van der Waals surface area contributed by atoms with Crippen molar-refractivity contribution in [3.05, 3.63) is 54.2 Å². The summed E-state index contributed by atoms with van der Waals surface area (Å²) in [5, 5.41) is 17.9. The highest BCUT2D eigenvalue weighted by Gasteiger charge is 2.31. The van der Waals surface area contributed by atoms with E-state index in [0.717, 1.165) is 24.0 Å². The van der Waals surface area contributed by atoms with Crippen LogP contribution in [-0.4, -0.2) is 32.2 Å². The van der Waals surface area contributed by atoms with Crippen LogP contribution in [0.4, 0.5) is 10.5 Å². The third-order valence-corrected chi connectivity index (χ3v) is 4.80. The maximum absolute atomic E-state index is 11.8. The lowest BCUT2D eigenvalue weighted by Crippen LogP contribution is -2.41. The molecule has 0 aliphatic carbocycles. The fourth-order valence-electron chi connectivity index (χ4n) is 3.49. The van der Waals surface area contributed by atoms with Crippen LogP contribution >= 0.6 is 0 Å². The van der Waals surface area contributed by atoms with Crippen molar-refractivity contribution in [1.29, 1.82) is 0 Å². The number of fused-ring (bicyclic) bond motifs is 1. The predicted octanol–water partition coefficient (Wildman–Crippen LogP) is 4.09. The summed E-state index contributed by atoms with van der Waals surface area (Å²) < 4.78 is 7.87. The second kappa shape index (κ2) is 6.75. The second-order valence-corrected chi connectivity index (χ2v) is 6.67. The summed E-state index contributed by atoms with van der Waals surface area (Å²) in [6.45, 7) is 1.92. The monoisotopic (exact) mass is 364 g/mol. The highest BCUT2D eigenvalue weighted by Crippen LogP contribution is 2.44. The number of anilines is 1. The minimum Gasteiger partial charge on any atom is -0.465 e. The molecule has 7 heteroatoms. The lowest BCUT2D eigenvalue weighted by atomic mass is 9.93. The Bertz CT molecular complexity index is 984. The topological polar surface area (TPSA) is 80.5 Å². The lowest BCUT2D eigenvalue weighted by molar-refractivity contribution is 0.198. The molecule has 0 fully saturated rings. The molecule has 138 valence electrons. The van der Waals surface area contributed by atoms with E-state index in [-0.39, 0.29) is 6.04 Å². The molecule has 4 rings (SSSR count). The molecule has 1 aliphatic rings. The van der Waals surface area contributed by atoms with Gasteiger partial charge in [-0.05, 0) is 44.0 Å². The molecule has 3 aromatic rings. The zero-order chi connectivity index (χ0) is 19.0. The molecule has 7 nitrogen and oxygen atoms in total. The Labute approximate surface area is 156 Å². The van der Waals surface area contributed by atoms with Gasteiger partial charge in [0.25, 0.3) is 0 Å². The first kappa shape index (κ1) is 17.1. The number of carbonyl (C=O) groups is 1. The summed E-state index contributed by atoms with van der Waals surface area (Å²) in [6.07, 6.45) is 2.33. The molecule has 1 N–H and O–H groups in total. The first-order chi connectivity index (χ1) is 13.0. The van der Waals surface area contributed by atoms with Crippen molar-refractivity contribution in [3.8, 4) is 22.8 Å². The smallest absolute Gasteiger partial charge is 0.412 e. The van der Waals surface area contributed by atoms with Crippen molar-refractivity contribution >= 4 is 11.8 Å². The fourth-order valence-corrected chi connectivity index (χ4v) is 3.49. The van der Waals surface area contributed by atoms with Gasteiger partial charge in [0.05, 0.1) is 11.9 Å². The highest BCUT2D eigenvalue weighted by molar-refractivity contribution is 5.91. The van der Waals surface area contributed by atoms with Crippen LogP contribution in [-0.2, 0) is 13.5 Å². The summed E-state index contributed by atoms with van der Waals surface area (Å²) >= 11 is 0. The zero-order valence-electron chi connectivity index (χ0n) is 15.2. The van der Waals surface area contributed by atoms with Crippen LogP contribution in [0.1, 0.15) is 18.9 Å². The molecule has 0 radical (unpaired) electrons. The Morgan fingerprint density at radius 1 is 1.22 bits per heavy atom. The summed E-state index contributed by atoms with van der Waals surface area (Å²) in [4.78, 5) is 13.2. The van der Waals surface area contributed by atoms with Gasteiger partial charge in [0.1, 0.15) is 17.2 Å². The van der Waals surface area contributed by atoms with E-state index in [4.69, 9.17) is 4.74 Å². The number of aryl methyl sites for hydroxylation is 1. The molecule has 27 heavy (non-hydrogen) atoms. The van der Waals surface area contributed by atoms with Crippen LogP contribution in [0.2, 0.25) is 0 Å². The van der Waals surface area contributed by atoms with Gasteiger partial charge in [0.2, 0.25) is 0 Å². The summed E-state index contributed by atoms with van der Waals surface area (Å²) in [6, 6.07) is 13.1. The van der Waals surface area contributed by atoms with Crippen LogP contribution in [0.5, 0.6) is 11.5 Å². The van der Waals surface area contributed by atoms with Crippen LogP contribution in [0.3, 0.4) is 0 Å². The largest absolute Gasteiger partial charge is 0.465 e. The number of para-hydroxylation sites is 1. The van der Waals surface area contributed by atoms with Crippen molar-refractivity contribution < 1.29 is 14.6 Å². The van der Waals surface area contributed by atoms with E-state index in [9.17, 15) is 9.90 Å². The van der Waals surface area contributed by atoms with Gasteiger partial charge in [-0.15, -0.1) is 5.10 Å². The number of amides is 1. The number of aromatic nitrogens is 3. The van der Waals surface area contributed by atoms with Gasteiger partial charge in [0.15, 0.2) is 0 Å². The average molecular weight is 364 g/mol. The van der Waals surface area contributed by atoms with Crippen LogP contribution in [0, 0.1) is 0 Å². The number of hydrogen-bond acceptors (Lipinski definition) is 4. The van der Waals surface area contributed by atoms with E-state index in [2.05, 4.69) is 10.3 Å². The first-order valence-corrected chi connectivity index (χ1v) is 8.82. The van der Waals surface area contributed by atoms with Gasteiger partial charge in [-0.2, -0.15) is 0 Å². The Kier molecular flexibility index (Phi) is 4.27. The third-order valence-electron chi connectivity index (χ3n) is 4.80. The Morgan fingerprint density at radius 3 is 2.67 bits per heavy atom. The minimum absolute atomic E-state index is 0.0815. The Balaban J connectivity index is 1.89. The molecule has 2 heterocycles. The van der Waals surface area contributed by atoms with Gasteiger partial charge in [-0.3, -0.25) is 9.58 Å². The van der Waals surface area contributed by atoms with Crippen LogP contribution in [0.25, 0.3) is 11.3 Å². The number of carboxylic acid groups (broad SMARTS) is 1. The predicted molar refractivity (Wildman–Crippen MR) is 101 cm³/mol. The maximum atomic E-state index is 11.8. The molecule has 0 saturated carbocycles. The standard InChI is InChI=1S/C20H20N4O3/c1-13-8-9-16-18(24(13)20(25)26)11-10-15(17-12-23(2)22-21-17)19(16)27-14-6-4-3-5-7-14/h3-7,10-13H,8-9H2,1-2H3,(H,25,26)/t13-/m0/s1. The van der Waals surface area contributed by atoms with Gasteiger partial charge in [0, 0.05) is 24.2 Å². The van der Waals surface area contributed by atoms with Crippen molar-refractivity contribution in [2.75, 3.05) is 4.90 Å². The molecule has 0 unspecified atom stereocenters. The average Bonchev–Trinajstić information content (AvgIpc) is 3.08. The SMILES string of the molecule is C[C@H]1CCc2c(ccc(-c3cn(C)nn3)c2Oc2ccccc2)N1C(=O)O. The van der Waals surface area contributed by atoms with E-state index >= 15 is 0 Å². The van der Waals surface area contributed by atoms with Crippen LogP contribution < -0.4 is 9.64 Å². The summed E-state index contributed by atoms with van der Waals surface area (Å²) in [5.41, 5.74) is 3.03. The van der Waals surface area contributed by atoms with E-state index in [0.29, 0.717) is 22.9 Å². The summed E-state index contributed by atoms with van der Waals surface area (Å²) in [5.74, 6) is 1.33. The Morgan fingerprint density at radius 2 is 2.00 bits per heavy atom. The zero-order valence-corrected chi connectivity index (χ0v) is 15.2. The van der Waals surface area contributed by atoms with Crippen molar-refractivity contribution in [1.82, 2.24) is 15.0 Å². The van der Waals surface area contributed by atoms with E-state index in [1.807, 2.05) is 55.6 Å². The Hall–Kier alpha value is -3.35. The molecule has 0 saturated heterocycles. The molecule has 1 aliphatic heterocycles. The van der Waals surface area contributed by atoms with Crippen molar-refractivity contribution in [3.63, 3.8) is 0 Å².